The fourth-order valence-corrected chi connectivity index (χ4v) is 2.91. The summed E-state index contributed by atoms with van der Waals surface area (Å²) in [5.41, 5.74) is 1.39. The van der Waals surface area contributed by atoms with Crippen molar-refractivity contribution in [3.63, 3.8) is 0 Å². The lowest BCUT2D eigenvalue weighted by molar-refractivity contribution is -0.137. The molecule has 0 aliphatic carbocycles. The maximum atomic E-state index is 13.0. The average Bonchev–Trinajstić information content (AvgIpc) is 3.13. The lowest BCUT2D eigenvalue weighted by atomic mass is 10.1. The van der Waals surface area contributed by atoms with Crippen molar-refractivity contribution in [3.05, 3.63) is 77.5 Å². The van der Waals surface area contributed by atoms with Crippen LogP contribution >= 0.6 is 0 Å². The van der Waals surface area contributed by atoms with Crippen molar-refractivity contribution >= 4 is 5.91 Å². The number of carbonyl (C=O) groups excluding carboxylic acids is 1. The molecule has 2 aromatic carbocycles. The Morgan fingerprint density at radius 2 is 1.82 bits per heavy atom. The number of carbonyl (C=O) groups is 1. The Bertz CT molecular complexity index is 949. The highest BCUT2D eigenvalue weighted by Crippen LogP contribution is 2.32. The van der Waals surface area contributed by atoms with E-state index in [9.17, 15) is 18.0 Å². The summed E-state index contributed by atoms with van der Waals surface area (Å²) in [5.74, 6) is -0.351. The molecule has 3 aromatic rings. The van der Waals surface area contributed by atoms with Crippen LogP contribution in [0.3, 0.4) is 0 Å². The second-order valence-electron chi connectivity index (χ2n) is 6.30. The zero-order chi connectivity index (χ0) is 20.1. The van der Waals surface area contributed by atoms with Crippen LogP contribution in [-0.4, -0.2) is 22.2 Å². The standard InChI is InChI=1S/C21H20F3N3O/c1-2-27-19(16-9-6-10-17(13-16)21(22,23)24)14-18(26-27)20(28)25-12-11-15-7-4-3-5-8-15/h3-10,13-14H,2,11-12H2,1H3,(H,25,28). The fraction of sp³-hybridized carbons (Fsp3) is 0.238. The number of hydrogen-bond donors (Lipinski definition) is 1. The van der Waals surface area contributed by atoms with Gasteiger partial charge in [0.15, 0.2) is 5.69 Å². The van der Waals surface area contributed by atoms with E-state index in [1.807, 2.05) is 37.3 Å². The quantitative estimate of drug-likeness (QED) is 0.674. The summed E-state index contributed by atoms with van der Waals surface area (Å²) in [6.07, 6.45) is -3.74. The van der Waals surface area contributed by atoms with Gasteiger partial charge in [0, 0.05) is 18.7 Å². The molecule has 0 bridgehead atoms. The molecule has 0 saturated carbocycles. The molecule has 0 fully saturated rings. The fourth-order valence-electron chi connectivity index (χ4n) is 2.91. The van der Waals surface area contributed by atoms with Crippen LogP contribution in [0.15, 0.2) is 60.7 Å². The van der Waals surface area contributed by atoms with Crippen LogP contribution in [0.25, 0.3) is 11.3 Å². The Balaban J connectivity index is 1.76. The lowest BCUT2D eigenvalue weighted by Crippen LogP contribution is -2.26. The number of nitrogens with one attached hydrogen (secondary N) is 1. The number of nitrogens with zero attached hydrogens (tertiary/aromatic N) is 2. The number of aryl methyl sites for hydroxylation is 1. The van der Waals surface area contributed by atoms with Crippen LogP contribution < -0.4 is 5.32 Å². The molecule has 146 valence electrons. The van der Waals surface area contributed by atoms with Crippen LogP contribution in [0.2, 0.25) is 0 Å². The monoisotopic (exact) mass is 387 g/mol. The lowest BCUT2D eigenvalue weighted by Gasteiger charge is -2.09. The normalized spacial score (nSPS) is 11.4. The predicted octanol–water partition coefficient (Wildman–Crippen LogP) is 4.56. The van der Waals surface area contributed by atoms with Gasteiger partial charge in [-0.15, -0.1) is 0 Å². The molecule has 0 atom stereocenters. The maximum absolute atomic E-state index is 13.0. The van der Waals surface area contributed by atoms with E-state index in [1.165, 1.54) is 16.8 Å². The summed E-state index contributed by atoms with van der Waals surface area (Å²) < 4.78 is 40.5. The second kappa shape index (κ2) is 8.29. The van der Waals surface area contributed by atoms with E-state index >= 15 is 0 Å². The Morgan fingerprint density at radius 3 is 2.50 bits per heavy atom. The topological polar surface area (TPSA) is 46.9 Å². The van der Waals surface area contributed by atoms with Gasteiger partial charge < -0.3 is 5.32 Å². The molecule has 0 saturated heterocycles. The highest BCUT2D eigenvalue weighted by atomic mass is 19.4. The molecule has 1 amide bonds. The summed E-state index contributed by atoms with van der Waals surface area (Å²) in [4.78, 5) is 12.4. The van der Waals surface area contributed by atoms with Crippen molar-refractivity contribution < 1.29 is 18.0 Å². The Kier molecular flexibility index (Phi) is 5.82. The zero-order valence-electron chi connectivity index (χ0n) is 15.3. The van der Waals surface area contributed by atoms with Gasteiger partial charge in [-0.25, -0.2) is 0 Å². The van der Waals surface area contributed by atoms with E-state index in [-0.39, 0.29) is 11.6 Å². The van der Waals surface area contributed by atoms with Gasteiger partial charge in [-0.2, -0.15) is 18.3 Å². The first-order chi connectivity index (χ1) is 13.4. The second-order valence-corrected chi connectivity index (χ2v) is 6.30. The Morgan fingerprint density at radius 1 is 1.07 bits per heavy atom. The van der Waals surface area contributed by atoms with Crippen LogP contribution in [-0.2, 0) is 19.1 Å². The van der Waals surface area contributed by atoms with E-state index in [0.717, 1.165) is 17.7 Å². The first-order valence-corrected chi connectivity index (χ1v) is 8.96. The summed E-state index contributed by atoms with van der Waals surface area (Å²) in [5, 5.41) is 7.05. The molecule has 0 aliphatic heterocycles. The summed E-state index contributed by atoms with van der Waals surface area (Å²) in [6.45, 7) is 2.70. The third-order valence-corrected chi connectivity index (χ3v) is 4.34. The first kappa shape index (κ1) is 19.7. The molecule has 4 nitrogen and oxygen atoms in total. The molecule has 0 unspecified atom stereocenters. The predicted molar refractivity (Wildman–Crippen MR) is 101 cm³/mol. The van der Waals surface area contributed by atoms with Crippen LogP contribution in [0.1, 0.15) is 28.5 Å². The van der Waals surface area contributed by atoms with Gasteiger partial charge in [-0.3, -0.25) is 9.48 Å². The summed E-state index contributed by atoms with van der Waals surface area (Å²) in [6, 6.07) is 16.3. The largest absolute Gasteiger partial charge is 0.416 e. The Labute approximate surface area is 161 Å². The summed E-state index contributed by atoms with van der Waals surface area (Å²) >= 11 is 0. The molecule has 28 heavy (non-hydrogen) atoms. The van der Waals surface area contributed by atoms with Crippen molar-refractivity contribution in [3.8, 4) is 11.3 Å². The van der Waals surface area contributed by atoms with Gasteiger partial charge in [0.1, 0.15) is 0 Å². The molecule has 0 spiro atoms. The highest BCUT2D eigenvalue weighted by molar-refractivity contribution is 5.93. The van der Waals surface area contributed by atoms with Gasteiger partial charge in [0.2, 0.25) is 0 Å². The third-order valence-electron chi connectivity index (χ3n) is 4.34. The molecule has 1 N–H and O–H groups in total. The molecular formula is C21H20F3N3O. The average molecular weight is 387 g/mol. The summed E-state index contributed by atoms with van der Waals surface area (Å²) in [7, 11) is 0. The van der Waals surface area contributed by atoms with Crippen molar-refractivity contribution in [2.75, 3.05) is 6.54 Å². The van der Waals surface area contributed by atoms with E-state index in [1.54, 1.807) is 6.07 Å². The molecule has 0 radical (unpaired) electrons. The van der Waals surface area contributed by atoms with Gasteiger partial charge in [0.25, 0.3) is 5.91 Å². The SMILES string of the molecule is CCn1nc(C(=O)NCCc2ccccc2)cc1-c1cccc(C(F)(F)F)c1. The first-order valence-electron chi connectivity index (χ1n) is 8.96. The van der Waals surface area contributed by atoms with Crippen molar-refractivity contribution in [2.24, 2.45) is 0 Å². The van der Waals surface area contributed by atoms with E-state index < -0.39 is 11.7 Å². The number of rotatable bonds is 6. The minimum absolute atomic E-state index is 0.183. The van der Waals surface area contributed by atoms with Gasteiger partial charge in [-0.05, 0) is 37.1 Å². The Hall–Kier alpha value is -3.09. The van der Waals surface area contributed by atoms with E-state index in [2.05, 4.69) is 10.4 Å². The molecule has 1 aromatic heterocycles. The van der Waals surface area contributed by atoms with Gasteiger partial charge in [-0.1, -0.05) is 42.5 Å². The van der Waals surface area contributed by atoms with E-state index in [4.69, 9.17) is 0 Å². The third kappa shape index (κ3) is 4.60. The maximum Gasteiger partial charge on any atom is 0.416 e. The van der Waals surface area contributed by atoms with Crippen molar-refractivity contribution in [1.82, 2.24) is 15.1 Å². The molecule has 3 rings (SSSR count). The van der Waals surface area contributed by atoms with Gasteiger partial charge in [0.05, 0.1) is 11.3 Å². The van der Waals surface area contributed by atoms with Crippen LogP contribution in [0, 0.1) is 0 Å². The minimum atomic E-state index is -4.43. The van der Waals surface area contributed by atoms with Gasteiger partial charge >= 0.3 is 6.18 Å². The minimum Gasteiger partial charge on any atom is -0.350 e. The highest BCUT2D eigenvalue weighted by Gasteiger charge is 2.30. The van der Waals surface area contributed by atoms with Crippen LogP contribution in [0.5, 0.6) is 0 Å². The number of amides is 1. The molecular weight excluding hydrogens is 367 g/mol. The molecule has 0 aliphatic rings. The van der Waals surface area contributed by atoms with Crippen molar-refractivity contribution in [2.45, 2.75) is 26.1 Å². The zero-order valence-corrected chi connectivity index (χ0v) is 15.3. The van der Waals surface area contributed by atoms with E-state index in [0.29, 0.717) is 30.8 Å². The number of alkyl halides is 3. The smallest absolute Gasteiger partial charge is 0.350 e. The number of halogens is 3. The van der Waals surface area contributed by atoms with Crippen LogP contribution in [0.4, 0.5) is 13.2 Å². The number of aromatic nitrogens is 2. The van der Waals surface area contributed by atoms with Crippen molar-refractivity contribution in [1.29, 1.82) is 0 Å². The number of hydrogen-bond acceptors (Lipinski definition) is 2. The molecule has 1 heterocycles. The number of benzene rings is 2. The molecule has 7 heteroatoms.